The maximum Gasteiger partial charge on any atom is 0.224 e. The van der Waals surface area contributed by atoms with Crippen LogP contribution in [0, 0.1) is 0 Å². The Bertz CT molecular complexity index is 477. The molecule has 1 amide bonds. The minimum atomic E-state index is -0.151. The number of oxime groups is 1. The molecule has 0 atom stereocenters. The average Bonchev–Trinajstić information content (AvgIpc) is 2.38. The van der Waals surface area contributed by atoms with E-state index in [0.29, 0.717) is 30.7 Å². The normalized spacial score (nSPS) is 11.4. The summed E-state index contributed by atoms with van der Waals surface area (Å²) in [5.41, 5.74) is 6.51. The van der Waals surface area contributed by atoms with Gasteiger partial charge in [0.25, 0.3) is 0 Å². The predicted molar refractivity (Wildman–Crippen MR) is 76.4 cm³/mol. The lowest BCUT2D eigenvalue weighted by atomic mass is 10.1. The first kappa shape index (κ1) is 15.5. The van der Waals surface area contributed by atoms with Gasteiger partial charge < -0.3 is 21.0 Å². The summed E-state index contributed by atoms with van der Waals surface area (Å²) >= 11 is 3.31. The number of carbonyl (C=O) groups is 1. The van der Waals surface area contributed by atoms with Gasteiger partial charge in [-0.1, -0.05) is 21.1 Å². The molecule has 4 N–H and O–H groups in total. The molecular formula is C12H16BrN3O3. The Morgan fingerprint density at radius 1 is 1.58 bits per heavy atom. The molecule has 0 unspecified atom stereocenters. The molecule has 0 saturated heterocycles. The Kier molecular flexibility index (Phi) is 6.31. The quantitative estimate of drug-likeness (QED) is 0.244. The zero-order chi connectivity index (χ0) is 14.3. The van der Waals surface area contributed by atoms with Crippen molar-refractivity contribution in [1.29, 1.82) is 0 Å². The van der Waals surface area contributed by atoms with Gasteiger partial charge in [0.15, 0.2) is 5.84 Å². The molecule has 0 bridgehead atoms. The lowest BCUT2D eigenvalue weighted by Gasteiger charge is -2.10. The molecule has 0 fully saturated rings. The topological polar surface area (TPSA) is 96.9 Å². The molecule has 1 aromatic rings. The largest absolute Gasteiger partial charge is 0.409 e. The summed E-state index contributed by atoms with van der Waals surface area (Å²) < 4.78 is 5.67. The second-order valence-corrected chi connectivity index (χ2v) is 4.74. The highest BCUT2D eigenvalue weighted by atomic mass is 79.9. The number of nitrogens with zero attached hydrogens (tertiary/aromatic N) is 1. The molecule has 7 heteroatoms. The van der Waals surface area contributed by atoms with Crippen molar-refractivity contribution in [2.75, 3.05) is 19.0 Å². The van der Waals surface area contributed by atoms with Gasteiger partial charge in [0.2, 0.25) is 5.91 Å². The number of benzene rings is 1. The number of methoxy groups -OCH3 is 1. The van der Waals surface area contributed by atoms with Crippen molar-refractivity contribution < 1.29 is 14.7 Å². The summed E-state index contributed by atoms with van der Waals surface area (Å²) in [6.07, 6.45) is 0.977. The van der Waals surface area contributed by atoms with Crippen LogP contribution >= 0.6 is 15.9 Å². The van der Waals surface area contributed by atoms with E-state index in [1.807, 2.05) is 0 Å². The summed E-state index contributed by atoms with van der Waals surface area (Å²) in [6, 6.07) is 5.10. The summed E-state index contributed by atoms with van der Waals surface area (Å²) in [6.45, 7) is 0.527. The molecule has 19 heavy (non-hydrogen) atoms. The highest BCUT2D eigenvalue weighted by Gasteiger charge is 2.10. The van der Waals surface area contributed by atoms with E-state index in [0.717, 1.165) is 4.47 Å². The van der Waals surface area contributed by atoms with Crippen molar-refractivity contribution in [2.45, 2.75) is 12.8 Å². The Labute approximate surface area is 119 Å². The number of anilines is 1. The first-order valence-electron chi connectivity index (χ1n) is 5.64. The van der Waals surface area contributed by atoms with E-state index in [-0.39, 0.29) is 11.7 Å². The van der Waals surface area contributed by atoms with E-state index in [9.17, 15) is 4.79 Å². The minimum Gasteiger partial charge on any atom is -0.409 e. The highest BCUT2D eigenvalue weighted by Crippen LogP contribution is 2.21. The standard InChI is InChI=1S/C12H16BrN3O3/c1-19-6-2-3-11(17)15-10-7-8(13)4-5-9(10)12(14)16-18/h4-5,7,18H,2-3,6H2,1H3,(H2,14,16)(H,15,17). The summed E-state index contributed by atoms with van der Waals surface area (Å²) in [5.74, 6) is -0.207. The fourth-order valence-electron chi connectivity index (χ4n) is 1.49. The number of amidine groups is 1. The van der Waals surface area contributed by atoms with Crippen molar-refractivity contribution >= 4 is 33.4 Å². The Hall–Kier alpha value is -1.60. The van der Waals surface area contributed by atoms with Crippen molar-refractivity contribution in [3.8, 4) is 0 Å². The Morgan fingerprint density at radius 3 is 2.95 bits per heavy atom. The Morgan fingerprint density at radius 2 is 2.32 bits per heavy atom. The number of ether oxygens (including phenoxy) is 1. The average molecular weight is 330 g/mol. The SMILES string of the molecule is COCCCC(=O)Nc1cc(Br)ccc1/C(N)=N/O. The van der Waals surface area contributed by atoms with E-state index < -0.39 is 0 Å². The van der Waals surface area contributed by atoms with Crippen LogP contribution in [-0.4, -0.2) is 30.7 Å². The zero-order valence-corrected chi connectivity index (χ0v) is 12.1. The van der Waals surface area contributed by atoms with E-state index in [1.165, 1.54) is 0 Å². The van der Waals surface area contributed by atoms with Gasteiger partial charge in [-0.3, -0.25) is 4.79 Å². The van der Waals surface area contributed by atoms with E-state index in [1.54, 1.807) is 25.3 Å². The number of carbonyl (C=O) groups excluding carboxylic acids is 1. The third kappa shape index (κ3) is 4.88. The highest BCUT2D eigenvalue weighted by molar-refractivity contribution is 9.10. The molecule has 0 spiro atoms. The third-order valence-electron chi connectivity index (χ3n) is 2.39. The molecule has 0 saturated carbocycles. The fraction of sp³-hybridized carbons (Fsp3) is 0.333. The number of nitrogens with one attached hydrogen (secondary N) is 1. The third-order valence-corrected chi connectivity index (χ3v) is 2.88. The predicted octanol–water partition coefficient (Wildman–Crippen LogP) is 1.91. The lowest BCUT2D eigenvalue weighted by Crippen LogP contribution is -2.19. The van der Waals surface area contributed by atoms with Gasteiger partial charge in [-0.25, -0.2) is 0 Å². The number of hydrogen-bond acceptors (Lipinski definition) is 4. The number of rotatable bonds is 6. The van der Waals surface area contributed by atoms with Crippen molar-refractivity contribution in [1.82, 2.24) is 0 Å². The molecular weight excluding hydrogens is 314 g/mol. The van der Waals surface area contributed by atoms with Gasteiger partial charge in [-0.2, -0.15) is 0 Å². The van der Waals surface area contributed by atoms with Crippen molar-refractivity contribution in [3.63, 3.8) is 0 Å². The van der Waals surface area contributed by atoms with Crippen molar-refractivity contribution in [2.24, 2.45) is 10.9 Å². The molecule has 0 aliphatic rings. The molecule has 0 aliphatic carbocycles. The Balaban J connectivity index is 2.81. The zero-order valence-electron chi connectivity index (χ0n) is 10.5. The fourth-order valence-corrected chi connectivity index (χ4v) is 1.85. The van der Waals surface area contributed by atoms with Gasteiger partial charge >= 0.3 is 0 Å². The van der Waals surface area contributed by atoms with Crippen molar-refractivity contribution in [3.05, 3.63) is 28.2 Å². The molecule has 0 aromatic heterocycles. The first-order valence-corrected chi connectivity index (χ1v) is 6.44. The van der Waals surface area contributed by atoms with Crippen LogP contribution in [0.3, 0.4) is 0 Å². The van der Waals surface area contributed by atoms with Crippen LogP contribution in [0.1, 0.15) is 18.4 Å². The van der Waals surface area contributed by atoms with Gasteiger partial charge in [0, 0.05) is 30.2 Å². The van der Waals surface area contributed by atoms with E-state index in [4.69, 9.17) is 15.7 Å². The molecule has 104 valence electrons. The first-order chi connectivity index (χ1) is 9.08. The maximum atomic E-state index is 11.7. The van der Waals surface area contributed by atoms with Gasteiger partial charge in [0.05, 0.1) is 5.69 Å². The van der Waals surface area contributed by atoms with E-state index >= 15 is 0 Å². The molecule has 1 rings (SSSR count). The number of nitrogens with two attached hydrogens (primary N) is 1. The van der Waals surface area contributed by atoms with Crippen LogP contribution in [0.15, 0.2) is 27.8 Å². The molecule has 0 heterocycles. The smallest absolute Gasteiger partial charge is 0.224 e. The molecule has 0 radical (unpaired) electrons. The molecule has 6 nitrogen and oxygen atoms in total. The van der Waals surface area contributed by atoms with Crippen LogP contribution in [0.2, 0.25) is 0 Å². The van der Waals surface area contributed by atoms with Crippen LogP contribution in [0.5, 0.6) is 0 Å². The second kappa shape index (κ2) is 7.75. The van der Waals surface area contributed by atoms with Gasteiger partial charge in [-0.05, 0) is 24.6 Å². The number of amides is 1. The van der Waals surface area contributed by atoms with Gasteiger partial charge in [-0.15, -0.1) is 0 Å². The monoisotopic (exact) mass is 329 g/mol. The second-order valence-electron chi connectivity index (χ2n) is 3.82. The summed E-state index contributed by atoms with van der Waals surface area (Å²) in [5, 5.41) is 14.4. The van der Waals surface area contributed by atoms with Crippen LogP contribution < -0.4 is 11.1 Å². The minimum absolute atomic E-state index is 0.0558. The van der Waals surface area contributed by atoms with Crippen LogP contribution in [0.4, 0.5) is 5.69 Å². The number of hydrogen-bond donors (Lipinski definition) is 3. The number of halogens is 1. The maximum absolute atomic E-state index is 11.7. The molecule has 0 aliphatic heterocycles. The summed E-state index contributed by atoms with van der Waals surface area (Å²) in [7, 11) is 1.59. The van der Waals surface area contributed by atoms with Crippen LogP contribution in [-0.2, 0) is 9.53 Å². The van der Waals surface area contributed by atoms with E-state index in [2.05, 4.69) is 26.4 Å². The van der Waals surface area contributed by atoms with Crippen LogP contribution in [0.25, 0.3) is 0 Å². The summed E-state index contributed by atoms with van der Waals surface area (Å²) in [4.78, 5) is 11.7. The molecule has 1 aromatic carbocycles. The lowest BCUT2D eigenvalue weighted by molar-refractivity contribution is -0.116. The van der Waals surface area contributed by atoms with Gasteiger partial charge in [0.1, 0.15) is 0 Å².